The van der Waals surface area contributed by atoms with E-state index in [4.69, 9.17) is 11.6 Å². The third-order valence-electron chi connectivity index (χ3n) is 3.34. The van der Waals surface area contributed by atoms with Gasteiger partial charge < -0.3 is 5.32 Å². The average Bonchev–Trinajstić information content (AvgIpc) is 2.84. The molecule has 7 nitrogen and oxygen atoms in total. The molecule has 8 heteroatoms. The van der Waals surface area contributed by atoms with Gasteiger partial charge in [-0.2, -0.15) is 0 Å². The van der Waals surface area contributed by atoms with Crippen molar-refractivity contribution in [2.75, 3.05) is 5.32 Å². The van der Waals surface area contributed by atoms with E-state index in [1.54, 1.807) is 55.7 Å². The van der Waals surface area contributed by atoms with Gasteiger partial charge in [-0.25, -0.2) is 9.48 Å². The number of halogens is 1. The van der Waals surface area contributed by atoms with Gasteiger partial charge in [-0.3, -0.25) is 14.3 Å². The van der Waals surface area contributed by atoms with Gasteiger partial charge in [-0.15, -0.1) is 5.10 Å². The van der Waals surface area contributed by atoms with Gasteiger partial charge in [0, 0.05) is 24.0 Å². The molecule has 0 radical (unpaired) electrons. The first kappa shape index (κ1) is 15.9. The first-order chi connectivity index (χ1) is 11.5. The highest BCUT2D eigenvalue weighted by Crippen LogP contribution is 2.15. The summed E-state index contributed by atoms with van der Waals surface area (Å²) < 4.78 is 2.46. The van der Waals surface area contributed by atoms with Gasteiger partial charge in [0.05, 0.1) is 0 Å². The van der Waals surface area contributed by atoms with Crippen LogP contribution in [0.2, 0.25) is 5.02 Å². The molecule has 0 spiro atoms. The Morgan fingerprint density at radius 3 is 2.79 bits per heavy atom. The topological polar surface area (TPSA) is 81.8 Å². The number of aromatic nitrogens is 4. The first-order valence-corrected chi connectivity index (χ1v) is 7.53. The number of nitrogens with zero attached hydrogens (tertiary/aromatic N) is 4. The van der Waals surface area contributed by atoms with Gasteiger partial charge in [0.2, 0.25) is 5.91 Å². The van der Waals surface area contributed by atoms with Gasteiger partial charge in [-0.1, -0.05) is 23.7 Å². The Morgan fingerprint density at radius 2 is 2.08 bits per heavy atom. The zero-order chi connectivity index (χ0) is 17.1. The fraction of sp³-hybridized carbons (Fsp3) is 0.125. The molecule has 24 heavy (non-hydrogen) atoms. The number of carbonyl (C=O) groups is 1. The first-order valence-electron chi connectivity index (χ1n) is 7.15. The largest absolute Gasteiger partial charge is 0.346 e. The summed E-state index contributed by atoms with van der Waals surface area (Å²) >= 11 is 5.88. The van der Waals surface area contributed by atoms with Crippen molar-refractivity contribution in [2.45, 2.75) is 6.54 Å². The van der Waals surface area contributed by atoms with Crippen LogP contribution in [0.3, 0.4) is 0 Å². The van der Waals surface area contributed by atoms with Crippen LogP contribution in [0.15, 0.2) is 53.5 Å². The van der Waals surface area contributed by atoms with E-state index in [-0.39, 0.29) is 12.5 Å². The highest BCUT2D eigenvalue weighted by molar-refractivity contribution is 6.30. The minimum Gasteiger partial charge on any atom is -0.324 e. The van der Waals surface area contributed by atoms with Gasteiger partial charge >= 0.3 is 5.69 Å². The van der Waals surface area contributed by atoms with E-state index >= 15 is 0 Å². The zero-order valence-electron chi connectivity index (χ0n) is 12.8. The van der Waals surface area contributed by atoms with Gasteiger partial charge in [-0.05, 0) is 30.3 Å². The number of anilines is 1. The Kier molecular flexibility index (Phi) is 4.43. The number of hydrogen-bond acceptors (Lipinski definition) is 4. The fourth-order valence-electron chi connectivity index (χ4n) is 2.21. The Labute approximate surface area is 142 Å². The van der Waals surface area contributed by atoms with E-state index in [1.807, 2.05) is 0 Å². The lowest BCUT2D eigenvalue weighted by atomic mass is 10.3. The number of carbonyl (C=O) groups excluding carboxylic acids is 1. The predicted molar refractivity (Wildman–Crippen MR) is 90.8 cm³/mol. The quantitative estimate of drug-likeness (QED) is 0.784. The van der Waals surface area contributed by atoms with Crippen LogP contribution in [0.25, 0.3) is 11.5 Å². The number of benzene rings is 1. The summed E-state index contributed by atoms with van der Waals surface area (Å²) in [5, 5.41) is 7.39. The number of amides is 1. The standard InChI is InChI=1S/C16H14ClN5O2/c1-21-15(13-7-2-3-8-18-13)20-22(16(21)24)10-14(23)19-12-6-4-5-11(17)9-12/h2-9H,10H2,1H3,(H,19,23). The monoisotopic (exact) mass is 343 g/mol. The van der Waals surface area contributed by atoms with Crippen molar-refractivity contribution in [3.05, 3.63) is 64.2 Å². The Morgan fingerprint density at radius 1 is 1.25 bits per heavy atom. The minimum atomic E-state index is -0.392. The third kappa shape index (κ3) is 3.36. The maximum atomic E-state index is 12.2. The van der Waals surface area contributed by atoms with Crippen LogP contribution >= 0.6 is 11.6 Å². The maximum absolute atomic E-state index is 12.2. The molecule has 3 aromatic rings. The smallest absolute Gasteiger partial charge is 0.324 e. The molecule has 0 atom stereocenters. The molecule has 0 saturated heterocycles. The molecule has 0 aliphatic heterocycles. The molecule has 0 fully saturated rings. The summed E-state index contributed by atoms with van der Waals surface area (Å²) in [6.07, 6.45) is 1.62. The highest BCUT2D eigenvalue weighted by Gasteiger charge is 2.15. The molecule has 1 N–H and O–H groups in total. The summed E-state index contributed by atoms with van der Waals surface area (Å²) in [7, 11) is 1.59. The van der Waals surface area contributed by atoms with Gasteiger partial charge in [0.25, 0.3) is 0 Å². The van der Waals surface area contributed by atoms with Crippen LogP contribution in [0.1, 0.15) is 0 Å². The molecule has 2 heterocycles. The van der Waals surface area contributed by atoms with Crippen LogP contribution in [0.5, 0.6) is 0 Å². The summed E-state index contributed by atoms with van der Waals surface area (Å²) in [6, 6.07) is 12.1. The van der Waals surface area contributed by atoms with Crippen LogP contribution in [0.4, 0.5) is 5.69 Å². The van der Waals surface area contributed by atoms with Crippen LogP contribution in [-0.4, -0.2) is 25.2 Å². The molecule has 0 bridgehead atoms. The molecule has 2 aromatic heterocycles. The molecule has 3 rings (SSSR count). The van der Waals surface area contributed by atoms with Crippen LogP contribution in [-0.2, 0) is 18.4 Å². The lowest BCUT2D eigenvalue weighted by Crippen LogP contribution is -2.29. The van der Waals surface area contributed by atoms with Crippen molar-refractivity contribution in [3.63, 3.8) is 0 Å². The SMILES string of the molecule is Cn1c(-c2ccccn2)nn(CC(=O)Nc2cccc(Cl)c2)c1=O. The van der Waals surface area contributed by atoms with Gasteiger partial charge in [0.1, 0.15) is 12.2 Å². The van der Waals surface area contributed by atoms with Crippen LogP contribution in [0, 0.1) is 0 Å². The second-order valence-electron chi connectivity index (χ2n) is 5.10. The van der Waals surface area contributed by atoms with Crippen molar-refractivity contribution in [3.8, 4) is 11.5 Å². The van der Waals surface area contributed by atoms with E-state index in [2.05, 4.69) is 15.4 Å². The zero-order valence-corrected chi connectivity index (χ0v) is 13.6. The summed E-state index contributed by atoms with van der Waals surface area (Å²) in [4.78, 5) is 28.5. The van der Waals surface area contributed by atoms with E-state index in [0.717, 1.165) is 4.68 Å². The van der Waals surface area contributed by atoms with Crippen molar-refractivity contribution < 1.29 is 4.79 Å². The van der Waals surface area contributed by atoms with E-state index in [9.17, 15) is 9.59 Å². The van der Waals surface area contributed by atoms with E-state index in [0.29, 0.717) is 22.2 Å². The third-order valence-corrected chi connectivity index (χ3v) is 3.57. The van der Waals surface area contributed by atoms with Crippen molar-refractivity contribution in [1.82, 2.24) is 19.3 Å². The van der Waals surface area contributed by atoms with Crippen LogP contribution < -0.4 is 11.0 Å². The molecule has 0 unspecified atom stereocenters. The fourth-order valence-corrected chi connectivity index (χ4v) is 2.40. The molecule has 0 saturated carbocycles. The number of nitrogens with one attached hydrogen (secondary N) is 1. The maximum Gasteiger partial charge on any atom is 0.346 e. The number of hydrogen-bond donors (Lipinski definition) is 1. The number of pyridine rings is 1. The Balaban J connectivity index is 1.81. The number of rotatable bonds is 4. The second-order valence-corrected chi connectivity index (χ2v) is 5.53. The Bertz CT molecular complexity index is 933. The normalized spacial score (nSPS) is 10.6. The highest BCUT2D eigenvalue weighted by atomic mass is 35.5. The van der Waals surface area contributed by atoms with E-state index in [1.165, 1.54) is 4.57 Å². The summed E-state index contributed by atoms with van der Waals surface area (Å²) in [6.45, 7) is -0.202. The minimum absolute atomic E-state index is 0.202. The Hall–Kier alpha value is -2.93. The van der Waals surface area contributed by atoms with Crippen molar-refractivity contribution in [2.24, 2.45) is 7.05 Å². The average molecular weight is 344 g/mol. The predicted octanol–water partition coefficient (Wildman–Crippen LogP) is 1.94. The molecular formula is C16H14ClN5O2. The summed E-state index contributed by atoms with van der Waals surface area (Å²) in [5.74, 6) is 0.0289. The lowest BCUT2D eigenvalue weighted by molar-refractivity contribution is -0.117. The molecule has 0 aliphatic rings. The second kappa shape index (κ2) is 6.67. The molecule has 1 amide bonds. The molecular weight excluding hydrogens is 330 g/mol. The molecule has 122 valence electrons. The van der Waals surface area contributed by atoms with Gasteiger partial charge in [0.15, 0.2) is 5.82 Å². The van der Waals surface area contributed by atoms with Crippen molar-refractivity contribution in [1.29, 1.82) is 0 Å². The molecule has 0 aliphatic carbocycles. The van der Waals surface area contributed by atoms with E-state index < -0.39 is 5.69 Å². The molecule has 1 aromatic carbocycles. The summed E-state index contributed by atoms with van der Waals surface area (Å²) in [5.41, 5.74) is 0.726. The lowest BCUT2D eigenvalue weighted by Gasteiger charge is -2.04. The van der Waals surface area contributed by atoms with Crippen molar-refractivity contribution >= 4 is 23.2 Å².